The van der Waals surface area contributed by atoms with Crippen molar-refractivity contribution in [2.45, 2.75) is 13.0 Å². The van der Waals surface area contributed by atoms with Gasteiger partial charge in [-0.05, 0) is 31.2 Å². The molecule has 0 bridgehead atoms. The fourth-order valence-corrected chi connectivity index (χ4v) is 2.71. The Morgan fingerprint density at radius 3 is 2.77 bits per heavy atom. The van der Waals surface area contributed by atoms with E-state index in [-0.39, 0.29) is 23.6 Å². The third kappa shape index (κ3) is 4.58. The number of hydrogen-bond donors (Lipinski definition) is 2. The lowest BCUT2D eigenvalue weighted by Crippen LogP contribution is -2.86. The summed E-state index contributed by atoms with van der Waals surface area (Å²) in [5, 5.41) is 6.05. The lowest BCUT2D eigenvalue weighted by molar-refractivity contribution is -0.682. The van der Waals surface area contributed by atoms with Crippen molar-refractivity contribution < 1.29 is 10.1 Å². The van der Waals surface area contributed by atoms with E-state index in [2.05, 4.69) is 10.3 Å². The van der Waals surface area contributed by atoms with Gasteiger partial charge in [0.15, 0.2) is 11.7 Å². The van der Waals surface area contributed by atoms with Crippen molar-refractivity contribution in [3.8, 4) is 0 Å². The fourth-order valence-electron chi connectivity index (χ4n) is 1.96. The van der Waals surface area contributed by atoms with Gasteiger partial charge in [0, 0.05) is 16.8 Å². The van der Waals surface area contributed by atoms with Gasteiger partial charge >= 0.3 is 0 Å². The molecule has 1 heterocycles. The van der Waals surface area contributed by atoms with E-state index in [0.29, 0.717) is 15.7 Å². The molecule has 0 radical (unpaired) electrons. The number of carbonyl (C=O) groups is 1. The van der Waals surface area contributed by atoms with Gasteiger partial charge in [0.05, 0.1) is 10.7 Å². The van der Waals surface area contributed by atoms with Crippen LogP contribution >= 0.6 is 34.8 Å². The number of anilines is 1. The molecule has 0 saturated heterocycles. The predicted octanol–water partition coefficient (Wildman–Crippen LogP) is 3.30. The van der Waals surface area contributed by atoms with Crippen molar-refractivity contribution in [1.29, 1.82) is 0 Å². The van der Waals surface area contributed by atoms with Gasteiger partial charge < -0.3 is 10.6 Å². The summed E-state index contributed by atoms with van der Waals surface area (Å²) in [6, 6.07) is 8.77. The molecule has 3 N–H and O–H groups in total. The second kappa shape index (κ2) is 7.79. The van der Waals surface area contributed by atoms with E-state index >= 15 is 0 Å². The van der Waals surface area contributed by atoms with Crippen LogP contribution in [0.4, 0.5) is 5.69 Å². The smallest absolute Gasteiger partial charge is 0.279 e. The number of aromatic nitrogens is 1. The standard InChI is InChI=1S/C15H14Cl3N3O/c1-9(11-5-4-10(16)7-12(11)17)20-8-14(22)21-13-3-2-6-19-15(13)18/h2-7,9,20H,8H2,1H3,(H,21,22)/p+1/t9-/m1/s1. The Bertz CT molecular complexity index is 679. The Hall–Kier alpha value is -1.33. The van der Waals surface area contributed by atoms with Crippen LogP contribution in [0.25, 0.3) is 0 Å². The minimum Gasteiger partial charge on any atom is -0.332 e. The fraction of sp³-hybridized carbons (Fsp3) is 0.200. The summed E-state index contributed by atoms with van der Waals surface area (Å²) in [6.07, 6.45) is 1.56. The van der Waals surface area contributed by atoms with Gasteiger partial charge in [0.2, 0.25) is 0 Å². The minimum atomic E-state index is -0.160. The number of nitrogens with zero attached hydrogens (tertiary/aromatic N) is 1. The summed E-state index contributed by atoms with van der Waals surface area (Å²) in [6.45, 7) is 2.21. The van der Waals surface area contributed by atoms with Crippen LogP contribution in [0.5, 0.6) is 0 Å². The summed E-state index contributed by atoms with van der Waals surface area (Å²) in [5.41, 5.74) is 1.43. The molecule has 7 heteroatoms. The number of rotatable bonds is 5. The third-order valence-corrected chi connectivity index (χ3v) is 4.01. The second-order valence-electron chi connectivity index (χ2n) is 4.78. The highest BCUT2D eigenvalue weighted by Crippen LogP contribution is 2.24. The molecule has 0 aliphatic rings. The maximum atomic E-state index is 12.0. The topological polar surface area (TPSA) is 58.6 Å². The van der Waals surface area contributed by atoms with Gasteiger partial charge in [-0.25, -0.2) is 4.98 Å². The Morgan fingerprint density at radius 2 is 2.09 bits per heavy atom. The van der Waals surface area contributed by atoms with E-state index in [1.165, 1.54) is 0 Å². The molecule has 0 fully saturated rings. The second-order valence-corrected chi connectivity index (χ2v) is 5.99. The molecule has 0 unspecified atom stereocenters. The van der Waals surface area contributed by atoms with Gasteiger partial charge in [-0.2, -0.15) is 0 Å². The lowest BCUT2D eigenvalue weighted by atomic mass is 10.1. The highest BCUT2D eigenvalue weighted by Gasteiger charge is 2.15. The van der Waals surface area contributed by atoms with Crippen LogP contribution in [-0.4, -0.2) is 17.4 Å². The van der Waals surface area contributed by atoms with Crippen LogP contribution in [0.1, 0.15) is 18.5 Å². The summed E-state index contributed by atoms with van der Waals surface area (Å²) < 4.78 is 0. The van der Waals surface area contributed by atoms with Crippen LogP contribution in [0.2, 0.25) is 15.2 Å². The molecule has 0 aliphatic carbocycles. The molecule has 22 heavy (non-hydrogen) atoms. The normalized spacial score (nSPS) is 12.0. The number of quaternary nitrogens is 1. The van der Waals surface area contributed by atoms with Crippen molar-refractivity contribution in [1.82, 2.24) is 4.98 Å². The van der Waals surface area contributed by atoms with Gasteiger partial charge in [-0.15, -0.1) is 0 Å². The van der Waals surface area contributed by atoms with Crippen LogP contribution in [0.3, 0.4) is 0 Å². The number of hydrogen-bond acceptors (Lipinski definition) is 2. The lowest BCUT2D eigenvalue weighted by Gasteiger charge is -2.13. The zero-order valence-electron chi connectivity index (χ0n) is 11.8. The highest BCUT2D eigenvalue weighted by molar-refractivity contribution is 6.35. The maximum Gasteiger partial charge on any atom is 0.279 e. The average molecular weight is 360 g/mol. The quantitative estimate of drug-likeness (QED) is 0.805. The zero-order chi connectivity index (χ0) is 16.1. The summed E-state index contributed by atoms with van der Waals surface area (Å²) >= 11 is 17.9. The summed E-state index contributed by atoms with van der Waals surface area (Å²) in [4.78, 5) is 15.9. The molecule has 0 saturated carbocycles. The Labute approximate surface area is 143 Å². The van der Waals surface area contributed by atoms with Gasteiger partial charge in [-0.1, -0.05) is 40.9 Å². The van der Waals surface area contributed by atoms with E-state index in [1.807, 2.05) is 18.3 Å². The highest BCUT2D eigenvalue weighted by atomic mass is 35.5. The van der Waals surface area contributed by atoms with Gasteiger partial charge in [0.25, 0.3) is 5.91 Å². The van der Waals surface area contributed by atoms with Crippen LogP contribution in [0, 0.1) is 0 Å². The minimum absolute atomic E-state index is 0.0277. The molecule has 0 spiro atoms. The van der Waals surface area contributed by atoms with Crippen LogP contribution in [0.15, 0.2) is 36.5 Å². The van der Waals surface area contributed by atoms with Crippen molar-refractivity contribution in [3.63, 3.8) is 0 Å². The predicted molar refractivity (Wildman–Crippen MR) is 89.5 cm³/mol. The molecule has 1 aromatic carbocycles. The number of carbonyl (C=O) groups excluding carboxylic acids is 1. The maximum absolute atomic E-state index is 12.0. The van der Waals surface area contributed by atoms with Gasteiger partial charge in [0.1, 0.15) is 6.04 Å². The van der Waals surface area contributed by atoms with Gasteiger partial charge in [-0.3, -0.25) is 4.79 Å². The molecule has 1 amide bonds. The van der Waals surface area contributed by atoms with Crippen molar-refractivity contribution in [2.75, 3.05) is 11.9 Å². The van der Waals surface area contributed by atoms with E-state index in [4.69, 9.17) is 34.8 Å². The molecule has 116 valence electrons. The summed E-state index contributed by atoms with van der Waals surface area (Å²) in [7, 11) is 0. The van der Waals surface area contributed by atoms with Crippen LogP contribution < -0.4 is 10.6 Å². The van der Waals surface area contributed by atoms with Crippen molar-refractivity contribution in [3.05, 3.63) is 57.3 Å². The Balaban J connectivity index is 1.92. The number of nitrogens with one attached hydrogen (secondary N) is 1. The SMILES string of the molecule is C[C@@H]([NH2+]CC(=O)Nc1cccnc1Cl)c1ccc(Cl)cc1Cl. The molecular formula is C15H15Cl3N3O+. The number of benzene rings is 1. The van der Waals surface area contributed by atoms with E-state index in [0.717, 1.165) is 5.56 Å². The molecule has 1 aromatic heterocycles. The molecule has 1 atom stereocenters. The average Bonchev–Trinajstić information content (AvgIpc) is 2.47. The number of amides is 1. The van der Waals surface area contributed by atoms with Crippen molar-refractivity contribution in [2.24, 2.45) is 0 Å². The first-order chi connectivity index (χ1) is 10.5. The molecule has 0 aliphatic heterocycles. The largest absolute Gasteiger partial charge is 0.332 e. The Kier molecular flexibility index (Phi) is 6.03. The number of nitrogens with two attached hydrogens (primary N) is 1. The monoisotopic (exact) mass is 358 g/mol. The summed E-state index contributed by atoms with van der Waals surface area (Å²) in [5.74, 6) is -0.160. The first-order valence-corrected chi connectivity index (χ1v) is 7.79. The molecule has 2 aromatic rings. The van der Waals surface area contributed by atoms with E-state index in [1.54, 1.807) is 30.5 Å². The van der Waals surface area contributed by atoms with E-state index in [9.17, 15) is 4.79 Å². The molecular weight excluding hydrogens is 345 g/mol. The van der Waals surface area contributed by atoms with Crippen molar-refractivity contribution >= 4 is 46.4 Å². The van der Waals surface area contributed by atoms with E-state index < -0.39 is 0 Å². The third-order valence-electron chi connectivity index (χ3n) is 3.14. The molecule has 2 rings (SSSR count). The van der Waals surface area contributed by atoms with Crippen LogP contribution in [-0.2, 0) is 4.79 Å². The number of halogens is 3. The zero-order valence-corrected chi connectivity index (χ0v) is 14.1. The Morgan fingerprint density at radius 1 is 1.32 bits per heavy atom. The number of pyridine rings is 1. The molecule has 4 nitrogen and oxygen atoms in total. The first kappa shape index (κ1) is 17.0. The first-order valence-electron chi connectivity index (χ1n) is 6.66.